The second-order valence-corrected chi connectivity index (χ2v) is 8.96. The molecule has 2 aromatic heterocycles. The van der Waals surface area contributed by atoms with Crippen LogP contribution in [0.15, 0.2) is 36.7 Å². The summed E-state index contributed by atoms with van der Waals surface area (Å²) < 4.78 is 2.38. The number of carbonyl (C=O) groups is 1. The van der Waals surface area contributed by atoms with Gasteiger partial charge in [-0.15, -0.1) is 0 Å². The van der Waals surface area contributed by atoms with Crippen LogP contribution in [-0.2, 0) is 13.0 Å². The highest BCUT2D eigenvalue weighted by Crippen LogP contribution is 2.34. The lowest BCUT2D eigenvalue weighted by atomic mass is 9.97. The van der Waals surface area contributed by atoms with Gasteiger partial charge in [0.2, 0.25) is 5.95 Å². The van der Waals surface area contributed by atoms with Gasteiger partial charge in [-0.2, -0.15) is 0 Å². The van der Waals surface area contributed by atoms with Crippen LogP contribution in [0.25, 0.3) is 22.2 Å². The van der Waals surface area contributed by atoms with E-state index >= 15 is 0 Å². The molecular formula is C25H32N6O. The quantitative estimate of drug-likeness (QED) is 0.609. The maximum Gasteiger partial charge on any atom is 0.317 e. The number of nitrogens with one attached hydrogen (secondary N) is 2. The van der Waals surface area contributed by atoms with E-state index in [1.165, 1.54) is 28.5 Å². The third-order valence-corrected chi connectivity index (χ3v) is 6.74. The third-order valence-electron chi connectivity index (χ3n) is 6.74. The molecule has 0 saturated carbocycles. The SMILES string of the molecule is CCCNC(=O)N1CCC(CNc2nccc(-c3cn4c5c(cccc35)CCC4)n2)CC1. The second-order valence-electron chi connectivity index (χ2n) is 8.96. The Morgan fingerprint density at radius 3 is 2.91 bits per heavy atom. The zero-order valence-corrected chi connectivity index (χ0v) is 18.8. The predicted octanol–water partition coefficient (Wildman–Crippen LogP) is 4.29. The molecule has 1 aromatic carbocycles. The Bertz CT molecular complexity index is 1100. The fourth-order valence-corrected chi connectivity index (χ4v) is 4.97. The number of carbonyl (C=O) groups excluding carboxylic acids is 1. The Hall–Kier alpha value is -3.09. The number of hydrogen-bond acceptors (Lipinski definition) is 4. The van der Waals surface area contributed by atoms with E-state index in [2.05, 4.69) is 51.5 Å². The summed E-state index contributed by atoms with van der Waals surface area (Å²) in [6.07, 6.45) is 9.40. The van der Waals surface area contributed by atoms with Crippen LogP contribution in [0.5, 0.6) is 0 Å². The molecule has 5 rings (SSSR count). The molecule has 3 aromatic rings. The highest BCUT2D eigenvalue weighted by molar-refractivity contribution is 5.97. The van der Waals surface area contributed by atoms with Crippen molar-refractivity contribution in [2.24, 2.45) is 5.92 Å². The maximum atomic E-state index is 12.1. The number of piperidine rings is 1. The zero-order valence-electron chi connectivity index (χ0n) is 18.8. The van der Waals surface area contributed by atoms with Crippen molar-refractivity contribution in [3.63, 3.8) is 0 Å². The molecule has 0 atom stereocenters. The summed E-state index contributed by atoms with van der Waals surface area (Å²) in [5.74, 6) is 1.20. The van der Waals surface area contributed by atoms with Crippen molar-refractivity contribution in [2.45, 2.75) is 45.6 Å². The number of aromatic nitrogens is 3. The standard InChI is InChI=1S/C25H32N6O/c1-2-11-27-25(32)30-14-9-18(10-15-30)16-28-24-26-12-8-22(29-24)21-17-31-13-4-6-19-5-3-7-20(21)23(19)31/h3,5,7-8,12,17-18H,2,4,6,9-11,13-16H2,1H3,(H,27,32)(H,26,28,29). The molecule has 2 aliphatic heterocycles. The third kappa shape index (κ3) is 4.16. The van der Waals surface area contributed by atoms with Crippen LogP contribution >= 0.6 is 0 Å². The van der Waals surface area contributed by atoms with Gasteiger partial charge < -0.3 is 20.1 Å². The Labute approximate surface area is 189 Å². The highest BCUT2D eigenvalue weighted by Gasteiger charge is 2.23. The minimum absolute atomic E-state index is 0.0700. The molecule has 1 fully saturated rings. The number of amides is 2. The first-order valence-electron chi connectivity index (χ1n) is 11.9. The summed E-state index contributed by atoms with van der Waals surface area (Å²) in [4.78, 5) is 23.4. The average Bonchev–Trinajstić information content (AvgIpc) is 3.22. The lowest BCUT2D eigenvalue weighted by molar-refractivity contribution is 0.173. The van der Waals surface area contributed by atoms with Crippen molar-refractivity contribution in [3.8, 4) is 11.3 Å². The molecule has 0 bridgehead atoms. The molecular weight excluding hydrogens is 400 g/mol. The molecule has 7 nitrogen and oxygen atoms in total. The number of benzene rings is 1. The van der Waals surface area contributed by atoms with Crippen LogP contribution in [0, 0.1) is 5.92 Å². The Morgan fingerprint density at radius 1 is 1.19 bits per heavy atom. The van der Waals surface area contributed by atoms with Gasteiger partial charge in [0, 0.05) is 56.1 Å². The number of rotatable bonds is 6. The zero-order chi connectivity index (χ0) is 21.9. The fraction of sp³-hybridized carbons (Fsp3) is 0.480. The average molecular weight is 433 g/mol. The number of para-hydroxylation sites is 1. The number of hydrogen-bond donors (Lipinski definition) is 2. The Morgan fingerprint density at radius 2 is 2.06 bits per heavy atom. The molecule has 0 aliphatic carbocycles. The topological polar surface area (TPSA) is 75.1 Å². The summed E-state index contributed by atoms with van der Waals surface area (Å²) in [5, 5.41) is 7.70. The minimum Gasteiger partial charge on any atom is -0.354 e. The van der Waals surface area contributed by atoms with Gasteiger partial charge in [0.25, 0.3) is 0 Å². The maximum absolute atomic E-state index is 12.1. The molecule has 7 heteroatoms. The van der Waals surface area contributed by atoms with Crippen molar-refractivity contribution in [1.82, 2.24) is 24.8 Å². The van der Waals surface area contributed by atoms with E-state index in [4.69, 9.17) is 4.98 Å². The van der Waals surface area contributed by atoms with Crippen molar-refractivity contribution in [2.75, 3.05) is 31.5 Å². The number of likely N-dealkylation sites (tertiary alicyclic amines) is 1. The first-order valence-corrected chi connectivity index (χ1v) is 11.9. The van der Waals surface area contributed by atoms with Crippen LogP contribution in [0.2, 0.25) is 0 Å². The van der Waals surface area contributed by atoms with Gasteiger partial charge in [-0.05, 0) is 49.7 Å². The van der Waals surface area contributed by atoms with Crippen LogP contribution in [-0.4, -0.2) is 51.6 Å². The van der Waals surface area contributed by atoms with Crippen LogP contribution in [0.1, 0.15) is 38.2 Å². The van der Waals surface area contributed by atoms with Crippen molar-refractivity contribution >= 4 is 22.9 Å². The molecule has 0 unspecified atom stereocenters. The van der Waals surface area contributed by atoms with E-state index in [1.807, 2.05) is 17.2 Å². The van der Waals surface area contributed by atoms with Gasteiger partial charge in [0.1, 0.15) is 0 Å². The second kappa shape index (κ2) is 9.18. The minimum atomic E-state index is 0.0700. The number of anilines is 1. The monoisotopic (exact) mass is 432 g/mol. The van der Waals surface area contributed by atoms with E-state index in [0.717, 1.165) is 64.1 Å². The van der Waals surface area contributed by atoms with E-state index in [1.54, 1.807) is 0 Å². The molecule has 2 aliphatic rings. The number of nitrogens with zero attached hydrogens (tertiary/aromatic N) is 4. The van der Waals surface area contributed by atoms with Crippen LogP contribution in [0.4, 0.5) is 10.7 Å². The molecule has 32 heavy (non-hydrogen) atoms. The largest absolute Gasteiger partial charge is 0.354 e. The molecule has 1 saturated heterocycles. The van der Waals surface area contributed by atoms with Gasteiger partial charge in [-0.25, -0.2) is 14.8 Å². The Balaban J connectivity index is 1.23. The predicted molar refractivity (Wildman–Crippen MR) is 128 cm³/mol. The van der Waals surface area contributed by atoms with Crippen LogP contribution < -0.4 is 10.6 Å². The Kier molecular flexibility index (Phi) is 5.97. The van der Waals surface area contributed by atoms with E-state index < -0.39 is 0 Å². The van der Waals surface area contributed by atoms with Gasteiger partial charge in [-0.1, -0.05) is 25.1 Å². The first kappa shape index (κ1) is 20.8. The van der Waals surface area contributed by atoms with Crippen molar-refractivity contribution in [1.29, 1.82) is 0 Å². The van der Waals surface area contributed by atoms with Gasteiger partial charge in [0.05, 0.1) is 11.2 Å². The first-order chi connectivity index (χ1) is 15.7. The van der Waals surface area contributed by atoms with E-state index in [0.29, 0.717) is 11.9 Å². The summed E-state index contributed by atoms with van der Waals surface area (Å²) in [6.45, 7) is 6.34. The molecule has 0 spiro atoms. The van der Waals surface area contributed by atoms with Crippen molar-refractivity contribution < 1.29 is 4.79 Å². The van der Waals surface area contributed by atoms with Crippen molar-refractivity contribution in [3.05, 3.63) is 42.2 Å². The summed E-state index contributed by atoms with van der Waals surface area (Å²) >= 11 is 0. The summed E-state index contributed by atoms with van der Waals surface area (Å²) in [5.41, 5.74) is 4.94. The number of aryl methyl sites for hydroxylation is 2. The fourth-order valence-electron chi connectivity index (χ4n) is 4.97. The molecule has 2 N–H and O–H groups in total. The number of urea groups is 1. The van der Waals surface area contributed by atoms with E-state index in [-0.39, 0.29) is 6.03 Å². The molecule has 0 radical (unpaired) electrons. The lowest BCUT2D eigenvalue weighted by Gasteiger charge is -2.32. The summed E-state index contributed by atoms with van der Waals surface area (Å²) in [6, 6.07) is 8.68. The smallest absolute Gasteiger partial charge is 0.317 e. The van der Waals surface area contributed by atoms with Gasteiger partial charge in [0.15, 0.2) is 0 Å². The lowest BCUT2D eigenvalue weighted by Crippen LogP contribution is -2.45. The molecule has 2 amide bonds. The summed E-state index contributed by atoms with van der Waals surface area (Å²) in [7, 11) is 0. The van der Waals surface area contributed by atoms with Gasteiger partial charge >= 0.3 is 6.03 Å². The van der Waals surface area contributed by atoms with Gasteiger partial charge in [-0.3, -0.25) is 0 Å². The molecule has 4 heterocycles. The molecule has 168 valence electrons. The normalized spacial score (nSPS) is 16.3. The van der Waals surface area contributed by atoms with E-state index in [9.17, 15) is 4.79 Å². The highest BCUT2D eigenvalue weighted by atomic mass is 16.2. The van der Waals surface area contributed by atoms with Crippen LogP contribution in [0.3, 0.4) is 0 Å².